The van der Waals surface area contributed by atoms with Gasteiger partial charge in [0.25, 0.3) is 0 Å². The third kappa shape index (κ3) is 2.85. The minimum atomic E-state index is -4.33. The fourth-order valence-corrected chi connectivity index (χ4v) is 1.78. The van der Waals surface area contributed by atoms with Gasteiger partial charge in [-0.15, -0.1) is 0 Å². The van der Waals surface area contributed by atoms with E-state index in [2.05, 4.69) is 0 Å². The number of hydrogen-bond donors (Lipinski definition) is 0. The van der Waals surface area contributed by atoms with Crippen LogP contribution in [0.2, 0.25) is 0 Å². The van der Waals surface area contributed by atoms with Crippen LogP contribution in [0.5, 0.6) is 0 Å². The highest BCUT2D eigenvalue weighted by Gasteiger charge is 2.30. The number of halogens is 3. The fraction of sp³-hybridized carbons (Fsp3) is 0.417. The van der Waals surface area contributed by atoms with Crippen molar-refractivity contribution in [3.63, 3.8) is 0 Å². The number of carbonyl (C=O) groups excluding carboxylic acids is 1. The maximum absolute atomic E-state index is 12.3. The van der Waals surface area contributed by atoms with Crippen molar-refractivity contribution < 1.29 is 22.7 Å². The van der Waals surface area contributed by atoms with Crippen molar-refractivity contribution >= 4 is 5.78 Å². The van der Waals surface area contributed by atoms with Crippen LogP contribution < -0.4 is 0 Å². The zero-order chi connectivity index (χ0) is 12.5. The van der Waals surface area contributed by atoms with E-state index >= 15 is 0 Å². The van der Waals surface area contributed by atoms with Crippen LogP contribution in [0.4, 0.5) is 13.2 Å². The fourth-order valence-electron chi connectivity index (χ4n) is 1.78. The maximum atomic E-state index is 12.3. The molecule has 2 nitrogen and oxygen atoms in total. The lowest BCUT2D eigenvalue weighted by atomic mass is 9.99. The van der Waals surface area contributed by atoms with Crippen molar-refractivity contribution in [2.24, 2.45) is 0 Å². The summed E-state index contributed by atoms with van der Waals surface area (Å²) in [5.74, 6) is 0.0844. The number of ketones is 1. The van der Waals surface area contributed by atoms with Crippen LogP contribution in [0.25, 0.3) is 0 Å². The molecule has 0 radical (unpaired) electrons. The number of rotatable bonds is 1. The predicted octanol–water partition coefficient (Wildman–Crippen LogP) is 3.13. The van der Waals surface area contributed by atoms with Crippen molar-refractivity contribution in [3.05, 3.63) is 35.4 Å². The molecule has 0 aromatic heterocycles. The van der Waals surface area contributed by atoms with E-state index in [1.54, 1.807) is 0 Å². The molecule has 1 unspecified atom stereocenters. The zero-order valence-electron chi connectivity index (χ0n) is 8.96. The van der Waals surface area contributed by atoms with Gasteiger partial charge in [-0.3, -0.25) is 4.79 Å². The molecule has 1 aromatic rings. The molecule has 1 heterocycles. The molecule has 0 spiro atoms. The van der Waals surface area contributed by atoms with E-state index in [0.717, 1.165) is 12.1 Å². The molecule has 0 N–H and O–H groups in total. The molecule has 17 heavy (non-hydrogen) atoms. The van der Waals surface area contributed by atoms with Gasteiger partial charge in [-0.25, -0.2) is 0 Å². The van der Waals surface area contributed by atoms with Gasteiger partial charge in [0.1, 0.15) is 5.78 Å². The Bertz CT molecular complexity index is 409. The summed E-state index contributed by atoms with van der Waals surface area (Å²) >= 11 is 0. The molecule has 1 aromatic carbocycles. The second-order valence-electron chi connectivity index (χ2n) is 3.97. The molecule has 1 saturated heterocycles. The van der Waals surface area contributed by atoms with E-state index in [4.69, 9.17) is 4.74 Å². The number of Topliss-reactive ketones (excluding diaryl/α,β-unsaturated/α-hetero) is 1. The lowest BCUT2D eigenvalue weighted by molar-refractivity contribution is -0.137. The van der Waals surface area contributed by atoms with Crippen LogP contribution in [-0.2, 0) is 15.7 Å². The molecular formula is C12H11F3O2. The Morgan fingerprint density at radius 2 is 1.82 bits per heavy atom. The molecule has 0 aliphatic carbocycles. The minimum Gasteiger partial charge on any atom is -0.373 e. The van der Waals surface area contributed by atoms with E-state index in [-0.39, 0.29) is 12.2 Å². The van der Waals surface area contributed by atoms with Crippen molar-refractivity contribution in [1.29, 1.82) is 0 Å². The smallest absolute Gasteiger partial charge is 0.373 e. The van der Waals surface area contributed by atoms with Gasteiger partial charge in [0, 0.05) is 12.8 Å². The summed E-state index contributed by atoms with van der Waals surface area (Å²) in [5, 5.41) is 0. The van der Waals surface area contributed by atoms with Crippen LogP contribution >= 0.6 is 0 Å². The molecule has 2 rings (SSSR count). The van der Waals surface area contributed by atoms with Crippen molar-refractivity contribution in [2.75, 3.05) is 6.61 Å². The second-order valence-corrected chi connectivity index (χ2v) is 3.97. The van der Waals surface area contributed by atoms with Gasteiger partial charge in [0.15, 0.2) is 0 Å². The first-order valence-electron chi connectivity index (χ1n) is 5.27. The molecular weight excluding hydrogens is 233 g/mol. The average molecular weight is 244 g/mol. The van der Waals surface area contributed by atoms with E-state index in [0.29, 0.717) is 18.6 Å². The van der Waals surface area contributed by atoms with Crippen molar-refractivity contribution in [2.45, 2.75) is 25.1 Å². The van der Waals surface area contributed by atoms with Crippen LogP contribution in [0.1, 0.15) is 30.1 Å². The normalized spacial score (nSPS) is 21.6. The van der Waals surface area contributed by atoms with Gasteiger partial charge in [-0.2, -0.15) is 13.2 Å². The summed E-state index contributed by atoms with van der Waals surface area (Å²) in [6.45, 7) is 0.338. The summed E-state index contributed by atoms with van der Waals surface area (Å²) in [4.78, 5) is 11.2. The first-order chi connectivity index (χ1) is 7.97. The molecule has 5 heteroatoms. The van der Waals surface area contributed by atoms with Crippen LogP contribution in [0.15, 0.2) is 24.3 Å². The Labute approximate surface area is 96.4 Å². The quantitative estimate of drug-likeness (QED) is 0.758. The first kappa shape index (κ1) is 12.1. The number of ether oxygens (including phenoxy) is 1. The van der Waals surface area contributed by atoms with E-state index in [1.807, 2.05) is 0 Å². The van der Waals surface area contributed by atoms with Crippen LogP contribution in [0.3, 0.4) is 0 Å². The zero-order valence-corrected chi connectivity index (χ0v) is 8.96. The van der Waals surface area contributed by atoms with Gasteiger partial charge in [-0.05, 0) is 17.7 Å². The SMILES string of the molecule is O=C1CCOC(c2ccc(C(F)(F)F)cc2)C1. The van der Waals surface area contributed by atoms with E-state index in [9.17, 15) is 18.0 Å². The standard InChI is InChI=1S/C12H11F3O2/c13-12(14,15)9-3-1-8(2-4-9)11-7-10(16)5-6-17-11/h1-4,11H,5-7H2. The summed E-state index contributed by atoms with van der Waals surface area (Å²) in [7, 11) is 0. The van der Waals surface area contributed by atoms with E-state index < -0.39 is 17.8 Å². The molecule has 1 fully saturated rings. The summed E-state index contributed by atoms with van der Waals surface area (Å²) in [5.41, 5.74) is -0.0746. The third-order valence-corrected chi connectivity index (χ3v) is 2.72. The topological polar surface area (TPSA) is 26.3 Å². The largest absolute Gasteiger partial charge is 0.416 e. The Kier molecular flexibility index (Phi) is 3.19. The summed E-state index contributed by atoms with van der Waals surface area (Å²) in [6, 6.07) is 4.76. The van der Waals surface area contributed by atoms with Crippen molar-refractivity contribution in [3.8, 4) is 0 Å². The van der Waals surface area contributed by atoms with Gasteiger partial charge >= 0.3 is 6.18 Å². The van der Waals surface area contributed by atoms with Crippen LogP contribution in [-0.4, -0.2) is 12.4 Å². The molecule has 92 valence electrons. The number of hydrogen-bond acceptors (Lipinski definition) is 2. The minimum absolute atomic E-state index is 0.0844. The molecule has 0 bridgehead atoms. The predicted molar refractivity (Wildman–Crippen MR) is 54.4 cm³/mol. The monoisotopic (exact) mass is 244 g/mol. The van der Waals surface area contributed by atoms with Gasteiger partial charge < -0.3 is 4.74 Å². The summed E-state index contributed by atoms with van der Waals surface area (Å²) in [6.07, 6.45) is -4.11. The molecule has 1 aliphatic rings. The number of benzene rings is 1. The average Bonchev–Trinajstić information content (AvgIpc) is 2.28. The Morgan fingerprint density at radius 3 is 2.35 bits per heavy atom. The van der Waals surface area contributed by atoms with Gasteiger partial charge in [-0.1, -0.05) is 12.1 Å². The number of carbonyl (C=O) groups is 1. The molecule has 1 atom stereocenters. The van der Waals surface area contributed by atoms with Crippen molar-refractivity contribution in [1.82, 2.24) is 0 Å². The summed E-state index contributed by atoms with van der Waals surface area (Å²) < 4.78 is 42.4. The van der Waals surface area contributed by atoms with Crippen LogP contribution in [0, 0.1) is 0 Å². The first-order valence-corrected chi connectivity index (χ1v) is 5.27. The second kappa shape index (κ2) is 4.49. The lowest BCUT2D eigenvalue weighted by Gasteiger charge is -2.22. The highest BCUT2D eigenvalue weighted by molar-refractivity contribution is 5.79. The van der Waals surface area contributed by atoms with Gasteiger partial charge in [0.05, 0.1) is 18.3 Å². The Morgan fingerprint density at radius 1 is 1.18 bits per heavy atom. The maximum Gasteiger partial charge on any atom is 0.416 e. The van der Waals surface area contributed by atoms with Gasteiger partial charge in [0.2, 0.25) is 0 Å². The lowest BCUT2D eigenvalue weighted by Crippen LogP contribution is -2.19. The third-order valence-electron chi connectivity index (χ3n) is 2.72. The molecule has 0 amide bonds. The number of alkyl halides is 3. The highest BCUT2D eigenvalue weighted by atomic mass is 19.4. The van der Waals surface area contributed by atoms with E-state index in [1.165, 1.54) is 12.1 Å². The molecule has 1 aliphatic heterocycles. The highest BCUT2D eigenvalue weighted by Crippen LogP contribution is 2.32. The Balaban J connectivity index is 2.15. The molecule has 0 saturated carbocycles. The Hall–Kier alpha value is -1.36.